The van der Waals surface area contributed by atoms with Crippen molar-refractivity contribution in [3.63, 3.8) is 0 Å². The Morgan fingerprint density at radius 2 is 1.95 bits per heavy atom. The lowest BCUT2D eigenvalue weighted by molar-refractivity contribution is -0.131. The number of piperazine rings is 1. The number of likely N-dealkylation sites (N-methyl/N-ethyl adjacent to an activating group) is 1. The Hall–Kier alpha value is -1.95. The second-order valence-corrected chi connectivity index (χ2v) is 5.24. The highest BCUT2D eigenvalue weighted by atomic mass is 16.7. The van der Waals surface area contributed by atoms with E-state index in [4.69, 9.17) is 9.47 Å². The predicted molar refractivity (Wildman–Crippen MR) is 79.7 cm³/mol. The van der Waals surface area contributed by atoms with E-state index in [1.165, 1.54) is 0 Å². The average Bonchev–Trinajstić information content (AvgIpc) is 3.00. The summed E-state index contributed by atoms with van der Waals surface area (Å²) in [7, 11) is 0. The molecule has 2 heterocycles. The van der Waals surface area contributed by atoms with Gasteiger partial charge < -0.3 is 24.6 Å². The summed E-state index contributed by atoms with van der Waals surface area (Å²) in [6, 6.07) is 5.62. The van der Waals surface area contributed by atoms with Gasteiger partial charge in [0.1, 0.15) is 0 Å². The molecule has 0 aliphatic carbocycles. The zero-order valence-electron chi connectivity index (χ0n) is 12.3. The van der Waals surface area contributed by atoms with Gasteiger partial charge in [0.25, 0.3) is 0 Å². The van der Waals surface area contributed by atoms with Gasteiger partial charge in [-0.1, -0.05) is 6.92 Å². The third kappa shape index (κ3) is 3.21. The maximum Gasteiger partial charge on any atom is 0.241 e. The molecular weight excluding hydrogens is 270 g/mol. The van der Waals surface area contributed by atoms with Crippen molar-refractivity contribution in [3.05, 3.63) is 18.2 Å². The van der Waals surface area contributed by atoms with Crippen molar-refractivity contribution in [2.24, 2.45) is 0 Å². The van der Waals surface area contributed by atoms with Crippen LogP contribution in [0.1, 0.15) is 6.92 Å². The molecule has 2 aliphatic heterocycles. The molecule has 0 aromatic heterocycles. The minimum absolute atomic E-state index is 0.142. The summed E-state index contributed by atoms with van der Waals surface area (Å²) in [4.78, 5) is 16.5. The topological polar surface area (TPSA) is 54.0 Å². The first-order valence-electron chi connectivity index (χ1n) is 7.40. The fourth-order valence-electron chi connectivity index (χ4n) is 2.61. The number of amides is 1. The van der Waals surface area contributed by atoms with Crippen LogP contribution in [0.4, 0.5) is 5.69 Å². The first-order chi connectivity index (χ1) is 10.3. The van der Waals surface area contributed by atoms with Crippen LogP contribution in [0.5, 0.6) is 11.5 Å². The van der Waals surface area contributed by atoms with Crippen LogP contribution < -0.4 is 14.8 Å². The van der Waals surface area contributed by atoms with Crippen LogP contribution in [0.25, 0.3) is 0 Å². The van der Waals surface area contributed by atoms with Crippen molar-refractivity contribution in [3.8, 4) is 11.5 Å². The number of nitrogens with one attached hydrogen (secondary N) is 1. The Kier molecular flexibility index (Phi) is 4.15. The largest absolute Gasteiger partial charge is 0.454 e. The number of rotatable bonds is 4. The van der Waals surface area contributed by atoms with E-state index in [9.17, 15) is 4.79 Å². The van der Waals surface area contributed by atoms with Gasteiger partial charge in [0.05, 0.1) is 6.54 Å². The monoisotopic (exact) mass is 291 g/mol. The molecule has 1 amide bonds. The molecule has 0 unspecified atom stereocenters. The highest BCUT2D eigenvalue weighted by Crippen LogP contribution is 2.34. The first-order valence-corrected chi connectivity index (χ1v) is 7.40. The smallest absolute Gasteiger partial charge is 0.241 e. The van der Waals surface area contributed by atoms with Crippen molar-refractivity contribution in [1.29, 1.82) is 0 Å². The molecule has 1 saturated heterocycles. The van der Waals surface area contributed by atoms with Crippen LogP contribution in [0, 0.1) is 0 Å². The van der Waals surface area contributed by atoms with E-state index in [1.807, 2.05) is 23.1 Å². The summed E-state index contributed by atoms with van der Waals surface area (Å²) >= 11 is 0. The van der Waals surface area contributed by atoms with Crippen molar-refractivity contribution in [1.82, 2.24) is 9.80 Å². The second-order valence-electron chi connectivity index (χ2n) is 5.24. The highest BCUT2D eigenvalue weighted by molar-refractivity contribution is 5.81. The molecule has 114 valence electrons. The summed E-state index contributed by atoms with van der Waals surface area (Å²) in [5.41, 5.74) is 0.875. The summed E-state index contributed by atoms with van der Waals surface area (Å²) in [5.74, 6) is 1.62. The van der Waals surface area contributed by atoms with Crippen LogP contribution in [0.15, 0.2) is 18.2 Å². The number of benzene rings is 1. The normalized spacial score (nSPS) is 17.9. The zero-order valence-corrected chi connectivity index (χ0v) is 12.3. The molecule has 0 saturated carbocycles. The number of anilines is 1. The number of carbonyl (C=O) groups excluding carboxylic acids is 1. The van der Waals surface area contributed by atoms with E-state index in [2.05, 4.69) is 17.1 Å². The standard InChI is InChI=1S/C15H21N3O3/c1-2-17-5-7-18(8-6-17)15(19)10-16-12-3-4-13-14(9-12)21-11-20-13/h3-4,9,16H,2,5-8,10-11H2,1H3. The van der Waals surface area contributed by atoms with Gasteiger partial charge in [-0.15, -0.1) is 0 Å². The van der Waals surface area contributed by atoms with E-state index in [0.717, 1.165) is 49.9 Å². The number of hydrogen-bond donors (Lipinski definition) is 1. The lowest BCUT2D eigenvalue weighted by atomic mass is 10.2. The zero-order chi connectivity index (χ0) is 14.7. The SMILES string of the molecule is CCN1CCN(C(=O)CNc2ccc3c(c2)OCO3)CC1. The number of fused-ring (bicyclic) bond motifs is 1. The van der Waals surface area contributed by atoms with Gasteiger partial charge in [-0.2, -0.15) is 0 Å². The molecule has 1 aromatic rings. The third-order valence-electron chi connectivity index (χ3n) is 3.99. The van der Waals surface area contributed by atoms with Gasteiger partial charge in [0.15, 0.2) is 11.5 Å². The summed E-state index contributed by atoms with van der Waals surface area (Å²) in [5, 5.41) is 3.16. The lowest BCUT2D eigenvalue weighted by Gasteiger charge is -2.34. The number of nitrogens with zero attached hydrogens (tertiary/aromatic N) is 2. The Morgan fingerprint density at radius 1 is 1.19 bits per heavy atom. The quantitative estimate of drug-likeness (QED) is 0.896. The molecular formula is C15H21N3O3. The van der Waals surface area contributed by atoms with Crippen LogP contribution in [0.2, 0.25) is 0 Å². The molecule has 1 N–H and O–H groups in total. The highest BCUT2D eigenvalue weighted by Gasteiger charge is 2.20. The minimum Gasteiger partial charge on any atom is -0.454 e. The molecule has 1 aromatic carbocycles. The third-order valence-corrected chi connectivity index (χ3v) is 3.99. The van der Waals surface area contributed by atoms with E-state index in [1.54, 1.807) is 0 Å². The predicted octanol–water partition coefficient (Wildman–Crippen LogP) is 0.991. The van der Waals surface area contributed by atoms with Crippen molar-refractivity contribution < 1.29 is 14.3 Å². The van der Waals surface area contributed by atoms with Crippen LogP contribution in [-0.4, -0.2) is 61.8 Å². The first kappa shape index (κ1) is 14.0. The Balaban J connectivity index is 1.50. The second kappa shape index (κ2) is 6.22. The van der Waals surface area contributed by atoms with Gasteiger partial charge >= 0.3 is 0 Å². The fraction of sp³-hybridized carbons (Fsp3) is 0.533. The van der Waals surface area contributed by atoms with Crippen molar-refractivity contribution >= 4 is 11.6 Å². The molecule has 0 atom stereocenters. The van der Waals surface area contributed by atoms with Crippen molar-refractivity contribution in [2.75, 3.05) is 51.4 Å². The maximum absolute atomic E-state index is 12.2. The van der Waals surface area contributed by atoms with E-state index in [-0.39, 0.29) is 12.7 Å². The number of hydrogen-bond acceptors (Lipinski definition) is 5. The van der Waals surface area contributed by atoms with Gasteiger partial charge in [0.2, 0.25) is 12.7 Å². The number of ether oxygens (including phenoxy) is 2. The molecule has 2 aliphatic rings. The van der Waals surface area contributed by atoms with Gasteiger partial charge in [0, 0.05) is 37.9 Å². The number of carbonyl (C=O) groups is 1. The molecule has 0 radical (unpaired) electrons. The van der Waals surface area contributed by atoms with Crippen molar-refractivity contribution in [2.45, 2.75) is 6.92 Å². The van der Waals surface area contributed by atoms with Gasteiger partial charge in [-0.05, 0) is 18.7 Å². The molecule has 6 heteroatoms. The van der Waals surface area contributed by atoms with Crippen LogP contribution in [0.3, 0.4) is 0 Å². The Labute approximate surface area is 124 Å². The summed E-state index contributed by atoms with van der Waals surface area (Å²) in [6.45, 7) is 7.34. The molecule has 0 bridgehead atoms. The minimum atomic E-state index is 0.142. The molecule has 1 fully saturated rings. The lowest BCUT2D eigenvalue weighted by Crippen LogP contribution is -2.49. The maximum atomic E-state index is 12.2. The van der Waals surface area contributed by atoms with Crippen LogP contribution >= 0.6 is 0 Å². The Morgan fingerprint density at radius 3 is 2.71 bits per heavy atom. The van der Waals surface area contributed by atoms with Gasteiger partial charge in [-0.3, -0.25) is 4.79 Å². The average molecular weight is 291 g/mol. The molecule has 0 spiro atoms. The molecule has 6 nitrogen and oxygen atoms in total. The van der Waals surface area contributed by atoms with E-state index in [0.29, 0.717) is 6.54 Å². The van der Waals surface area contributed by atoms with E-state index >= 15 is 0 Å². The summed E-state index contributed by atoms with van der Waals surface area (Å²) < 4.78 is 10.6. The fourth-order valence-corrected chi connectivity index (χ4v) is 2.61. The Bertz CT molecular complexity index is 513. The van der Waals surface area contributed by atoms with E-state index < -0.39 is 0 Å². The van der Waals surface area contributed by atoms with Gasteiger partial charge in [-0.25, -0.2) is 0 Å². The van der Waals surface area contributed by atoms with Crippen LogP contribution in [-0.2, 0) is 4.79 Å². The summed E-state index contributed by atoms with van der Waals surface area (Å²) in [6.07, 6.45) is 0. The molecule has 3 rings (SSSR count). The molecule has 21 heavy (non-hydrogen) atoms.